The Morgan fingerprint density at radius 1 is 1.52 bits per heavy atom. The first-order valence-corrected chi connectivity index (χ1v) is 8.60. The van der Waals surface area contributed by atoms with Gasteiger partial charge in [-0.3, -0.25) is 4.40 Å². The fourth-order valence-electron chi connectivity index (χ4n) is 2.95. The number of nitrogens with zero attached hydrogens (tertiary/aromatic N) is 3. The van der Waals surface area contributed by atoms with Gasteiger partial charge in [0.1, 0.15) is 0 Å². The Bertz CT molecular complexity index is 592. The van der Waals surface area contributed by atoms with E-state index < -0.39 is 0 Å². The number of piperidine rings is 1. The van der Waals surface area contributed by atoms with E-state index in [9.17, 15) is 5.11 Å². The monoisotopic (exact) mass is 308 g/mol. The average Bonchev–Trinajstić information content (AvgIpc) is 3.06. The minimum Gasteiger partial charge on any atom is -0.396 e. The van der Waals surface area contributed by atoms with Crippen molar-refractivity contribution < 1.29 is 5.11 Å². The molecule has 2 aromatic rings. The predicted octanol–water partition coefficient (Wildman–Crippen LogP) is 2.10. The Morgan fingerprint density at radius 2 is 2.38 bits per heavy atom. The van der Waals surface area contributed by atoms with Gasteiger partial charge >= 0.3 is 0 Å². The van der Waals surface area contributed by atoms with Crippen LogP contribution in [0.3, 0.4) is 0 Å². The van der Waals surface area contributed by atoms with Crippen molar-refractivity contribution in [2.75, 3.05) is 24.6 Å². The molecule has 1 saturated heterocycles. The van der Waals surface area contributed by atoms with Gasteiger partial charge < -0.3 is 15.3 Å². The third kappa shape index (κ3) is 3.07. The van der Waals surface area contributed by atoms with Gasteiger partial charge in [-0.05, 0) is 18.8 Å². The topological polar surface area (TPSA) is 52.8 Å². The highest BCUT2D eigenvalue weighted by atomic mass is 32.1. The van der Waals surface area contributed by atoms with Gasteiger partial charge in [0.2, 0.25) is 0 Å². The zero-order chi connectivity index (χ0) is 14.8. The number of aliphatic hydroxyl groups excluding tert-OH is 1. The van der Waals surface area contributed by atoms with E-state index in [1.807, 2.05) is 0 Å². The molecule has 1 unspecified atom stereocenters. The molecule has 6 heteroatoms. The van der Waals surface area contributed by atoms with Crippen molar-refractivity contribution in [3.8, 4) is 0 Å². The summed E-state index contributed by atoms with van der Waals surface area (Å²) < 4.78 is 2.19. The number of aromatic nitrogens is 2. The molecule has 0 aliphatic carbocycles. The molecule has 0 saturated carbocycles. The lowest BCUT2D eigenvalue weighted by atomic mass is 9.99. The zero-order valence-corrected chi connectivity index (χ0v) is 13.6. The van der Waals surface area contributed by atoms with Crippen LogP contribution < -0.4 is 10.2 Å². The molecule has 21 heavy (non-hydrogen) atoms. The van der Waals surface area contributed by atoms with Crippen molar-refractivity contribution in [2.45, 2.75) is 39.3 Å². The summed E-state index contributed by atoms with van der Waals surface area (Å²) in [6.45, 7) is 7.37. The summed E-state index contributed by atoms with van der Waals surface area (Å²) >= 11 is 1.68. The summed E-state index contributed by atoms with van der Waals surface area (Å²) in [5.74, 6) is 1.47. The molecule has 0 radical (unpaired) electrons. The first-order valence-electron chi connectivity index (χ1n) is 7.72. The Morgan fingerprint density at radius 3 is 3.14 bits per heavy atom. The van der Waals surface area contributed by atoms with Crippen LogP contribution in [0.25, 0.3) is 4.96 Å². The molecule has 2 N–H and O–H groups in total. The summed E-state index contributed by atoms with van der Waals surface area (Å²) in [7, 11) is 0. The van der Waals surface area contributed by atoms with E-state index >= 15 is 0 Å². The van der Waals surface area contributed by atoms with Gasteiger partial charge in [-0.2, -0.15) is 0 Å². The van der Waals surface area contributed by atoms with Crippen molar-refractivity contribution in [3.05, 3.63) is 17.3 Å². The lowest BCUT2D eigenvalue weighted by Gasteiger charge is -2.32. The van der Waals surface area contributed by atoms with Gasteiger partial charge in [-0.15, -0.1) is 11.3 Å². The number of rotatable bonds is 5. The molecule has 1 atom stereocenters. The fourth-order valence-corrected chi connectivity index (χ4v) is 3.67. The lowest BCUT2D eigenvalue weighted by Crippen LogP contribution is -2.38. The van der Waals surface area contributed by atoms with E-state index in [1.165, 1.54) is 5.69 Å². The van der Waals surface area contributed by atoms with E-state index in [0.29, 0.717) is 12.0 Å². The molecule has 0 spiro atoms. The third-order valence-electron chi connectivity index (χ3n) is 4.09. The highest BCUT2D eigenvalue weighted by Gasteiger charge is 2.24. The van der Waals surface area contributed by atoms with Crippen LogP contribution in [0.15, 0.2) is 11.6 Å². The number of hydrogen-bond acceptors (Lipinski definition) is 5. The Kier molecular flexibility index (Phi) is 4.47. The van der Waals surface area contributed by atoms with Crippen LogP contribution in [0.5, 0.6) is 0 Å². The van der Waals surface area contributed by atoms with Crippen LogP contribution in [-0.2, 0) is 6.54 Å². The molecule has 2 aromatic heterocycles. The van der Waals surface area contributed by atoms with Crippen LogP contribution in [0.1, 0.15) is 32.4 Å². The molecule has 3 rings (SSSR count). The van der Waals surface area contributed by atoms with Crippen molar-refractivity contribution >= 4 is 22.1 Å². The number of anilines is 1. The van der Waals surface area contributed by atoms with Gasteiger partial charge in [-0.25, -0.2) is 4.98 Å². The Balaban J connectivity index is 1.89. The standard InChI is InChI=1S/C15H24N4OS/c1-11(2)16-8-13-14(17-15-19(13)6-7-21-15)18-5-3-4-12(9-18)10-20/h6-7,11-12,16,20H,3-5,8-10H2,1-2H3. The average molecular weight is 308 g/mol. The number of thiazole rings is 1. The van der Waals surface area contributed by atoms with Crippen molar-refractivity contribution in [2.24, 2.45) is 5.92 Å². The third-order valence-corrected chi connectivity index (χ3v) is 4.85. The smallest absolute Gasteiger partial charge is 0.195 e. The summed E-state index contributed by atoms with van der Waals surface area (Å²) in [6, 6.07) is 0.452. The predicted molar refractivity (Wildman–Crippen MR) is 87.1 cm³/mol. The lowest BCUT2D eigenvalue weighted by molar-refractivity contribution is 0.208. The maximum absolute atomic E-state index is 9.44. The molecule has 0 amide bonds. The summed E-state index contributed by atoms with van der Waals surface area (Å²) in [5, 5.41) is 15.0. The quantitative estimate of drug-likeness (QED) is 0.888. The summed E-state index contributed by atoms with van der Waals surface area (Å²) in [4.78, 5) is 8.23. The molecule has 3 heterocycles. The Hall–Kier alpha value is -1.11. The molecule has 1 aliphatic rings. The number of fused-ring (bicyclic) bond motifs is 1. The highest BCUT2D eigenvalue weighted by Crippen LogP contribution is 2.28. The largest absolute Gasteiger partial charge is 0.396 e. The molecule has 1 fully saturated rings. The molecule has 116 valence electrons. The van der Waals surface area contributed by atoms with Crippen molar-refractivity contribution in [3.63, 3.8) is 0 Å². The van der Waals surface area contributed by atoms with Gasteiger partial charge in [-0.1, -0.05) is 13.8 Å². The SMILES string of the molecule is CC(C)NCc1c(N2CCCC(CO)C2)nc2sccn12. The molecule has 0 aromatic carbocycles. The minimum atomic E-state index is 0.276. The Labute approximate surface area is 129 Å². The number of imidazole rings is 1. The van der Waals surface area contributed by atoms with Crippen LogP contribution in [0.2, 0.25) is 0 Å². The van der Waals surface area contributed by atoms with Crippen molar-refractivity contribution in [1.82, 2.24) is 14.7 Å². The zero-order valence-electron chi connectivity index (χ0n) is 12.7. The number of hydrogen-bond donors (Lipinski definition) is 2. The fraction of sp³-hybridized carbons (Fsp3) is 0.667. The number of aliphatic hydroxyl groups is 1. The van der Waals surface area contributed by atoms with E-state index in [-0.39, 0.29) is 6.61 Å². The van der Waals surface area contributed by atoms with E-state index in [2.05, 4.69) is 40.0 Å². The molecule has 5 nitrogen and oxygen atoms in total. The minimum absolute atomic E-state index is 0.276. The van der Waals surface area contributed by atoms with Crippen molar-refractivity contribution in [1.29, 1.82) is 0 Å². The van der Waals surface area contributed by atoms with Gasteiger partial charge in [0.25, 0.3) is 0 Å². The second kappa shape index (κ2) is 6.34. The highest BCUT2D eigenvalue weighted by molar-refractivity contribution is 7.15. The van der Waals surface area contributed by atoms with Crippen LogP contribution in [0.4, 0.5) is 5.82 Å². The van der Waals surface area contributed by atoms with Crippen LogP contribution in [-0.4, -0.2) is 40.2 Å². The summed E-state index contributed by atoms with van der Waals surface area (Å²) in [5.41, 5.74) is 1.23. The van der Waals surface area contributed by atoms with E-state index in [1.54, 1.807) is 11.3 Å². The van der Waals surface area contributed by atoms with E-state index in [0.717, 1.165) is 43.3 Å². The maximum atomic E-state index is 9.44. The van der Waals surface area contributed by atoms with E-state index in [4.69, 9.17) is 4.98 Å². The van der Waals surface area contributed by atoms with Gasteiger partial charge in [0.05, 0.1) is 5.69 Å². The van der Waals surface area contributed by atoms with Gasteiger partial charge in [0.15, 0.2) is 10.8 Å². The molecular formula is C15H24N4OS. The normalized spacial score (nSPS) is 19.8. The second-order valence-electron chi connectivity index (χ2n) is 6.11. The first kappa shape index (κ1) is 14.8. The van der Waals surface area contributed by atoms with Crippen LogP contribution >= 0.6 is 11.3 Å². The first-order chi connectivity index (χ1) is 10.2. The molecule has 0 bridgehead atoms. The van der Waals surface area contributed by atoms with Crippen LogP contribution in [0, 0.1) is 5.92 Å². The molecular weight excluding hydrogens is 284 g/mol. The molecule has 1 aliphatic heterocycles. The second-order valence-corrected chi connectivity index (χ2v) is 6.98. The maximum Gasteiger partial charge on any atom is 0.195 e. The number of nitrogens with one attached hydrogen (secondary N) is 1. The summed E-state index contributed by atoms with van der Waals surface area (Å²) in [6.07, 6.45) is 4.35. The van der Waals surface area contributed by atoms with Gasteiger partial charge in [0, 0.05) is 43.9 Å².